The molecule has 0 aromatic rings. The molecule has 0 aliphatic heterocycles. The van der Waals surface area contributed by atoms with Gasteiger partial charge < -0.3 is 25.2 Å². The van der Waals surface area contributed by atoms with E-state index in [1.54, 1.807) is 0 Å². The van der Waals surface area contributed by atoms with E-state index in [4.69, 9.17) is 13.8 Å². The second-order valence-corrected chi connectivity index (χ2v) is 12.4. The third-order valence-electron chi connectivity index (χ3n) is 6.69. The zero-order valence-electron chi connectivity index (χ0n) is 27.4. The van der Waals surface area contributed by atoms with Crippen LogP contribution in [0.3, 0.4) is 0 Å². The number of aliphatic carboxylic acids is 1. The lowest BCUT2D eigenvalue weighted by Gasteiger charge is -2.18. The molecule has 0 aliphatic carbocycles. The van der Waals surface area contributed by atoms with Crippen LogP contribution in [0.15, 0.2) is 36.5 Å². The van der Waals surface area contributed by atoms with Crippen LogP contribution in [-0.2, 0) is 32.7 Å². The van der Waals surface area contributed by atoms with Crippen LogP contribution in [0, 0.1) is 0 Å². The number of allylic oxidation sites excluding steroid dienone is 6. The van der Waals surface area contributed by atoms with Crippen molar-refractivity contribution in [1.29, 1.82) is 0 Å². The van der Waals surface area contributed by atoms with E-state index < -0.39 is 57.6 Å². The molecule has 3 atom stereocenters. The summed E-state index contributed by atoms with van der Waals surface area (Å²) in [7, 11) is -4.75. The van der Waals surface area contributed by atoms with Crippen molar-refractivity contribution in [2.75, 3.05) is 19.8 Å². The number of ether oxygens (including phenoxy) is 1. The van der Waals surface area contributed by atoms with Crippen molar-refractivity contribution in [3.63, 3.8) is 0 Å². The molecule has 0 aromatic heterocycles. The summed E-state index contributed by atoms with van der Waals surface area (Å²) in [5.41, 5.74) is 0. The number of hydrogen-bond acceptors (Lipinski definition) is 8. The largest absolute Gasteiger partial charge is 0.480 e. The highest BCUT2D eigenvalue weighted by Crippen LogP contribution is 2.43. The number of hydrogen-bond donors (Lipinski definition) is 4. The lowest BCUT2D eigenvalue weighted by atomic mass is 10.1. The van der Waals surface area contributed by atoms with E-state index in [9.17, 15) is 34.1 Å². The van der Waals surface area contributed by atoms with Gasteiger partial charge in [0.15, 0.2) is 6.04 Å². The van der Waals surface area contributed by atoms with Crippen LogP contribution in [0.4, 0.5) is 0 Å². The molecule has 1 amide bonds. The molecule has 0 aliphatic rings. The summed E-state index contributed by atoms with van der Waals surface area (Å²) in [6.07, 6.45) is 26.4. The minimum Gasteiger partial charge on any atom is -0.480 e. The number of carboxylic acid groups (broad SMARTS) is 1. The normalized spacial score (nSPS) is 14.6. The maximum absolute atomic E-state index is 12.2. The van der Waals surface area contributed by atoms with Gasteiger partial charge in [0.25, 0.3) is 0 Å². The summed E-state index contributed by atoms with van der Waals surface area (Å²) >= 11 is 0. The van der Waals surface area contributed by atoms with E-state index in [1.165, 1.54) is 25.7 Å². The number of phosphoric acid groups is 1. The molecule has 0 aromatic carbocycles. The first-order valence-corrected chi connectivity index (χ1v) is 18.0. The van der Waals surface area contributed by atoms with E-state index in [2.05, 4.69) is 55.6 Å². The molecule has 0 saturated carbocycles. The Morgan fingerprint density at radius 1 is 0.733 bits per heavy atom. The fourth-order valence-electron chi connectivity index (χ4n) is 4.09. The monoisotopic (exact) mass is 659 g/mol. The zero-order chi connectivity index (χ0) is 33.6. The summed E-state index contributed by atoms with van der Waals surface area (Å²) in [6.45, 7) is 2.36. The Hall–Kier alpha value is -2.30. The second kappa shape index (κ2) is 29.1. The molecule has 260 valence electrons. The van der Waals surface area contributed by atoms with Gasteiger partial charge in [-0.15, -0.1) is 0 Å². The Bertz CT molecular complexity index is 921. The maximum atomic E-state index is 12.2. The van der Waals surface area contributed by atoms with Crippen LogP contribution >= 0.6 is 7.82 Å². The molecular formula is C33H58NO10P. The van der Waals surface area contributed by atoms with E-state index in [0.29, 0.717) is 12.8 Å². The van der Waals surface area contributed by atoms with Crippen molar-refractivity contribution >= 4 is 25.7 Å². The molecule has 4 N–H and O–H groups in total. The van der Waals surface area contributed by atoms with Crippen molar-refractivity contribution in [2.45, 2.75) is 135 Å². The van der Waals surface area contributed by atoms with Crippen LogP contribution in [0.2, 0.25) is 0 Å². The third kappa shape index (κ3) is 28.9. The van der Waals surface area contributed by atoms with Crippen LogP contribution in [0.1, 0.15) is 123 Å². The molecule has 11 nitrogen and oxygen atoms in total. The number of aliphatic hydroxyl groups is 1. The Kier molecular flexibility index (Phi) is 27.6. The van der Waals surface area contributed by atoms with Gasteiger partial charge in [0.2, 0.25) is 5.91 Å². The second-order valence-electron chi connectivity index (χ2n) is 11.0. The topological polar surface area (TPSA) is 169 Å². The molecule has 3 unspecified atom stereocenters. The molecule has 0 spiro atoms. The predicted octanol–water partition coefficient (Wildman–Crippen LogP) is 6.93. The summed E-state index contributed by atoms with van der Waals surface area (Å²) in [6, 6.07) is -1.56. The number of aliphatic hydroxyl groups excluding tert-OH is 1. The minimum atomic E-state index is -4.75. The van der Waals surface area contributed by atoms with Gasteiger partial charge in [-0.25, -0.2) is 9.36 Å². The van der Waals surface area contributed by atoms with E-state index in [1.807, 2.05) is 0 Å². The first-order chi connectivity index (χ1) is 21.6. The minimum absolute atomic E-state index is 0.110. The fraction of sp³-hybridized carbons (Fsp3) is 0.727. The van der Waals surface area contributed by atoms with Gasteiger partial charge >= 0.3 is 19.8 Å². The van der Waals surface area contributed by atoms with Crippen molar-refractivity contribution in [3.05, 3.63) is 36.5 Å². The Labute approximate surface area is 270 Å². The standard InChI is InChI=1S/C33H58NO10P/c1-3-5-7-9-11-13-14-15-16-17-18-20-22-24-31(36)34-30(33(38)39)28-44-45(40,41)43-27-29(35)26-42-32(37)25-23-21-19-12-10-8-6-4-2/h5,7,11,13,15-16,29-30,35H,3-4,6,8-10,12,14,17-28H2,1-2H3,(H,34,36)(H,38,39)(H,40,41)/b7-5-,13-11-,16-15-. The van der Waals surface area contributed by atoms with Crippen LogP contribution in [-0.4, -0.2) is 64.9 Å². The van der Waals surface area contributed by atoms with Gasteiger partial charge in [-0.2, -0.15) is 0 Å². The summed E-state index contributed by atoms with van der Waals surface area (Å²) in [5, 5.41) is 21.6. The zero-order valence-corrected chi connectivity index (χ0v) is 28.3. The lowest BCUT2D eigenvalue weighted by Crippen LogP contribution is -2.43. The number of rotatable bonds is 30. The lowest BCUT2D eigenvalue weighted by molar-refractivity contribution is -0.147. The van der Waals surface area contributed by atoms with Crippen molar-refractivity contribution in [2.24, 2.45) is 0 Å². The number of unbranched alkanes of at least 4 members (excludes halogenated alkanes) is 10. The van der Waals surface area contributed by atoms with Crippen LogP contribution in [0.5, 0.6) is 0 Å². The number of nitrogens with one attached hydrogen (secondary N) is 1. The van der Waals surface area contributed by atoms with Gasteiger partial charge in [-0.1, -0.05) is 102 Å². The quantitative estimate of drug-likeness (QED) is 0.0274. The average molecular weight is 660 g/mol. The number of carbonyl (C=O) groups is 3. The Morgan fingerprint density at radius 2 is 1.29 bits per heavy atom. The van der Waals surface area contributed by atoms with Gasteiger partial charge in [-0.3, -0.25) is 18.6 Å². The van der Waals surface area contributed by atoms with Gasteiger partial charge in [-0.05, 0) is 44.9 Å². The molecule has 0 fully saturated rings. The first-order valence-electron chi connectivity index (χ1n) is 16.5. The average Bonchev–Trinajstić information content (AvgIpc) is 3.00. The van der Waals surface area contributed by atoms with E-state index in [0.717, 1.165) is 57.8 Å². The summed E-state index contributed by atoms with van der Waals surface area (Å²) < 4.78 is 26.5. The van der Waals surface area contributed by atoms with E-state index >= 15 is 0 Å². The van der Waals surface area contributed by atoms with Crippen molar-refractivity contribution < 1.29 is 47.8 Å². The molecule has 0 radical (unpaired) electrons. The fourth-order valence-corrected chi connectivity index (χ4v) is 4.86. The Balaban J connectivity index is 4.10. The highest BCUT2D eigenvalue weighted by molar-refractivity contribution is 7.47. The van der Waals surface area contributed by atoms with Crippen molar-refractivity contribution in [1.82, 2.24) is 5.32 Å². The highest BCUT2D eigenvalue weighted by Gasteiger charge is 2.28. The van der Waals surface area contributed by atoms with Crippen molar-refractivity contribution in [3.8, 4) is 0 Å². The number of amides is 1. The smallest absolute Gasteiger partial charge is 0.472 e. The number of carbonyl (C=O) groups excluding carboxylic acids is 2. The molecule has 0 heterocycles. The van der Waals surface area contributed by atoms with E-state index in [-0.39, 0.29) is 12.8 Å². The number of phosphoric ester groups is 1. The van der Waals surface area contributed by atoms with Crippen LogP contribution in [0.25, 0.3) is 0 Å². The van der Waals surface area contributed by atoms with Crippen LogP contribution < -0.4 is 5.32 Å². The third-order valence-corrected chi connectivity index (χ3v) is 7.64. The highest BCUT2D eigenvalue weighted by atomic mass is 31.2. The van der Waals surface area contributed by atoms with Gasteiger partial charge in [0.1, 0.15) is 12.7 Å². The maximum Gasteiger partial charge on any atom is 0.472 e. The summed E-state index contributed by atoms with van der Waals surface area (Å²) in [5.74, 6) is -2.43. The number of esters is 1. The summed E-state index contributed by atoms with van der Waals surface area (Å²) in [4.78, 5) is 45.4. The molecule has 12 heteroatoms. The van der Waals surface area contributed by atoms with Gasteiger partial charge in [0, 0.05) is 12.8 Å². The first kappa shape index (κ1) is 42.7. The molecule has 45 heavy (non-hydrogen) atoms. The predicted molar refractivity (Wildman–Crippen MR) is 176 cm³/mol. The molecule has 0 bridgehead atoms. The van der Waals surface area contributed by atoms with Gasteiger partial charge in [0.05, 0.1) is 13.2 Å². The number of carboxylic acids is 1. The Morgan fingerprint density at radius 3 is 1.93 bits per heavy atom. The SMILES string of the molecule is CC/C=C\C/C=C\C/C=C\CCCCCC(=O)NC(COP(=O)(O)OCC(O)COC(=O)CCCCCCCCCC)C(=O)O. The molecular weight excluding hydrogens is 601 g/mol. The molecule has 0 saturated heterocycles. The molecule has 0 rings (SSSR count).